The zero-order valence-corrected chi connectivity index (χ0v) is 27.9. The molecule has 2 aliphatic heterocycles. The highest BCUT2D eigenvalue weighted by Gasteiger charge is 2.70. The van der Waals surface area contributed by atoms with Crippen LogP contribution in [0.3, 0.4) is 0 Å². The number of rotatable bonds is 6. The van der Waals surface area contributed by atoms with E-state index in [2.05, 4.69) is 5.43 Å². The van der Waals surface area contributed by atoms with E-state index in [9.17, 15) is 33.9 Å². The molecule has 14 heteroatoms. The molecule has 4 aliphatic rings. The zero-order chi connectivity index (χ0) is 36.6. The van der Waals surface area contributed by atoms with Crippen LogP contribution in [0.4, 0.5) is 20.2 Å². The Morgan fingerprint density at radius 1 is 0.846 bits per heavy atom. The molecule has 0 radical (unpaired) electrons. The summed E-state index contributed by atoms with van der Waals surface area (Å²) in [6, 6.07) is 21.0. The summed E-state index contributed by atoms with van der Waals surface area (Å²) >= 11 is 6.29. The summed E-state index contributed by atoms with van der Waals surface area (Å²) < 4.78 is 29.1. The first-order chi connectivity index (χ1) is 24.9. The number of benzene rings is 4. The second kappa shape index (κ2) is 12.4. The second-order valence-corrected chi connectivity index (χ2v) is 14.0. The third-order valence-electron chi connectivity index (χ3n) is 11.0. The van der Waals surface area contributed by atoms with Crippen LogP contribution in [0.15, 0.2) is 103 Å². The van der Waals surface area contributed by atoms with E-state index in [1.54, 1.807) is 30.3 Å². The van der Waals surface area contributed by atoms with Crippen molar-refractivity contribution < 1.29 is 43.1 Å². The average molecular weight is 724 g/mol. The number of anilines is 2. The SMILES string of the molecule is O=C1[C@@H]2C[C@@H]3C(=CC[C@@H]4C(=O)N(c5cccc(B(O)O)c5)C(=O)[C@@H]43)[C@H](c3ccc(O)c(F)c3)[C@]2(c2ccc(Cl)cc2)C(=O)N1Nc1ccc(F)cc1. The number of carbonyl (C=O) groups excluding carboxylic acids is 4. The van der Waals surface area contributed by atoms with Gasteiger partial charge in [-0.15, -0.1) is 0 Å². The number of phenols is 1. The van der Waals surface area contributed by atoms with Crippen LogP contribution in [-0.4, -0.2) is 50.9 Å². The molecule has 4 aromatic rings. The summed E-state index contributed by atoms with van der Waals surface area (Å²) in [5.41, 5.74) is 2.83. The fourth-order valence-electron chi connectivity index (χ4n) is 8.81. The van der Waals surface area contributed by atoms with Gasteiger partial charge in [-0.05, 0) is 96.0 Å². The molecule has 2 aliphatic carbocycles. The van der Waals surface area contributed by atoms with Crippen molar-refractivity contribution >= 4 is 59.2 Å². The van der Waals surface area contributed by atoms with Crippen molar-refractivity contribution in [3.8, 4) is 5.75 Å². The van der Waals surface area contributed by atoms with E-state index >= 15 is 9.18 Å². The number of nitrogens with zero attached hydrogens (tertiary/aromatic N) is 2. The molecule has 2 saturated heterocycles. The Balaban J connectivity index is 1.31. The summed E-state index contributed by atoms with van der Waals surface area (Å²) in [5.74, 6) is -9.25. The molecule has 1 saturated carbocycles. The number of carbonyl (C=O) groups is 4. The molecule has 4 N–H and O–H groups in total. The number of phenolic OH excluding ortho intramolecular Hbond substituents is 1. The monoisotopic (exact) mass is 723 g/mol. The molecule has 10 nitrogen and oxygen atoms in total. The Morgan fingerprint density at radius 3 is 2.27 bits per heavy atom. The smallest absolute Gasteiger partial charge is 0.488 e. The maximum atomic E-state index is 15.3. The van der Waals surface area contributed by atoms with E-state index in [1.165, 1.54) is 54.6 Å². The molecule has 4 amide bonds. The number of hydrogen-bond acceptors (Lipinski definition) is 8. The first kappa shape index (κ1) is 33.8. The topological polar surface area (TPSA) is 147 Å². The Morgan fingerprint density at radius 2 is 1.58 bits per heavy atom. The van der Waals surface area contributed by atoms with Gasteiger partial charge in [-0.2, -0.15) is 5.01 Å². The lowest BCUT2D eigenvalue weighted by atomic mass is 9.49. The molecule has 52 heavy (non-hydrogen) atoms. The van der Waals surface area contributed by atoms with Gasteiger partial charge >= 0.3 is 7.12 Å². The zero-order valence-electron chi connectivity index (χ0n) is 27.1. The summed E-state index contributed by atoms with van der Waals surface area (Å²) in [6.45, 7) is 0. The van der Waals surface area contributed by atoms with Gasteiger partial charge in [0.25, 0.3) is 11.8 Å². The number of allylic oxidation sites excluding steroid dienone is 2. The number of hydrogen-bond donors (Lipinski definition) is 4. The molecule has 8 rings (SSSR count). The van der Waals surface area contributed by atoms with E-state index in [1.807, 2.05) is 0 Å². The lowest BCUT2D eigenvalue weighted by Crippen LogP contribution is -2.53. The van der Waals surface area contributed by atoms with Crippen LogP contribution in [0, 0.1) is 35.3 Å². The molecule has 0 aromatic heterocycles. The first-order valence-corrected chi connectivity index (χ1v) is 17.0. The Labute approximate surface area is 301 Å². The van der Waals surface area contributed by atoms with Crippen LogP contribution in [-0.2, 0) is 24.6 Å². The Hall–Kier alpha value is -5.37. The number of imide groups is 2. The fourth-order valence-corrected chi connectivity index (χ4v) is 8.94. The Bertz CT molecular complexity index is 2200. The highest BCUT2D eigenvalue weighted by molar-refractivity contribution is 6.58. The molecule has 4 aromatic carbocycles. The standard InChI is InChI=1S/C38H29BClF2N3O7/c40-22-7-5-20(6-8-22)38-29(35(48)45(37(38)50)43-24-11-9-23(41)10-12-24)18-28-26(33(38)19-4-15-31(46)30(42)16-19)13-14-27-32(28)36(49)44(34(27)47)25-3-1-2-21(17-25)39(51)52/h1-13,15-17,27-29,32-33,43,46,51-52H,14,18H2/t27-,28+,29-,32-,33-,38+/m0/s1. The average Bonchev–Trinajstić information content (AvgIpc) is 3.51. The largest absolute Gasteiger partial charge is 0.505 e. The minimum atomic E-state index is -1.84. The lowest BCUT2D eigenvalue weighted by molar-refractivity contribution is -0.138. The summed E-state index contributed by atoms with van der Waals surface area (Å²) in [7, 11) is -1.84. The second-order valence-electron chi connectivity index (χ2n) is 13.6. The molecule has 0 unspecified atom stereocenters. The van der Waals surface area contributed by atoms with Crippen molar-refractivity contribution in [2.45, 2.75) is 24.2 Å². The summed E-state index contributed by atoms with van der Waals surface area (Å²) in [5, 5.41) is 31.0. The molecule has 262 valence electrons. The maximum absolute atomic E-state index is 15.3. The van der Waals surface area contributed by atoms with E-state index < -0.39 is 83.1 Å². The minimum Gasteiger partial charge on any atom is -0.505 e. The molecule has 0 spiro atoms. The van der Waals surface area contributed by atoms with E-state index in [0.29, 0.717) is 16.2 Å². The molecule has 6 atom stereocenters. The van der Waals surface area contributed by atoms with Gasteiger partial charge in [-0.3, -0.25) is 29.5 Å². The quantitative estimate of drug-likeness (QED) is 0.132. The van der Waals surface area contributed by atoms with Crippen LogP contribution in [0.1, 0.15) is 29.9 Å². The van der Waals surface area contributed by atoms with Gasteiger partial charge in [0.2, 0.25) is 11.8 Å². The third kappa shape index (κ3) is 4.98. The van der Waals surface area contributed by atoms with E-state index in [4.69, 9.17) is 11.6 Å². The van der Waals surface area contributed by atoms with Crippen LogP contribution in [0.25, 0.3) is 0 Å². The van der Waals surface area contributed by atoms with Crippen molar-refractivity contribution in [3.63, 3.8) is 0 Å². The summed E-state index contributed by atoms with van der Waals surface area (Å²) in [6.07, 6.45) is 1.85. The van der Waals surface area contributed by atoms with Gasteiger partial charge in [0.05, 0.1) is 34.5 Å². The number of nitrogens with one attached hydrogen (secondary N) is 1. The highest BCUT2D eigenvalue weighted by atomic mass is 35.5. The van der Waals surface area contributed by atoms with Crippen LogP contribution in [0.5, 0.6) is 5.75 Å². The van der Waals surface area contributed by atoms with Gasteiger partial charge in [-0.1, -0.05) is 53.6 Å². The van der Waals surface area contributed by atoms with Gasteiger partial charge in [-0.25, -0.2) is 8.78 Å². The van der Waals surface area contributed by atoms with Crippen molar-refractivity contribution in [1.29, 1.82) is 0 Å². The number of fused-ring (bicyclic) bond motifs is 4. The molecule has 3 fully saturated rings. The van der Waals surface area contributed by atoms with Gasteiger partial charge in [0, 0.05) is 10.9 Å². The number of amides is 4. The third-order valence-corrected chi connectivity index (χ3v) is 11.2. The van der Waals surface area contributed by atoms with Crippen molar-refractivity contribution in [3.05, 3.63) is 130 Å². The van der Waals surface area contributed by atoms with Gasteiger partial charge < -0.3 is 15.2 Å². The maximum Gasteiger partial charge on any atom is 0.488 e. The number of aromatic hydroxyl groups is 1. The van der Waals surface area contributed by atoms with Crippen LogP contribution < -0.4 is 15.8 Å². The normalized spacial score (nSPS) is 26.6. The van der Waals surface area contributed by atoms with Crippen LogP contribution in [0.2, 0.25) is 5.02 Å². The number of hydrazine groups is 1. The van der Waals surface area contributed by atoms with Crippen molar-refractivity contribution in [2.24, 2.45) is 23.7 Å². The number of halogens is 3. The molecular formula is C38H29BClF2N3O7. The molecule has 2 heterocycles. The molecular weight excluding hydrogens is 695 g/mol. The van der Waals surface area contributed by atoms with Gasteiger partial charge in [0.1, 0.15) is 5.82 Å². The lowest BCUT2D eigenvalue weighted by Gasteiger charge is -2.50. The van der Waals surface area contributed by atoms with Crippen molar-refractivity contribution in [1.82, 2.24) is 5.01 Å². The van der Waals surface area contributed by atoms with Crippen molar-refractivity contribution in [2.75, 3.05) is 10.3 Å². The van der Waals surface area contributed by atoms with Crippen LogP contribution >= 0.6 is 11.6 Å². The first-order valence-electron chi connectivity index (χ1n) is 16.6. The van der Waals surface area contributed by atoms with E-state index in [0.717, 1.165) is 22.0 Å². The highest BCUT2D eigenvalue weighted by Crippen LogP contribution is 2.64. The fraction of sp³-hybridized carbons (Fsp3) is 0.211. The minimum absolute atomic E-state index is 0.0406. The summed E-state index contributed by atoms with van der Waals surface area (Å²) in [4.78, 5) is 59.2. The Kier molecular flexibility index (Phi) is 8.05. The van der Waals surface area contributed by atoms with Gasteiger partial charge in [0.15, 0.2) is 11.6 Å². The van der Waals surface area contributed by atoms with E-state index in [-0.39, 0.29) is 35.2 Å². The predicted molar refractivity (Wildman–Crippen MR) is 186 cm³/mol. The molecule has 0 bridgehead atoms. The predicted octanol–water partition coefficient (Wildman–Crippen LogP) is 4.19.